The number of nitrogens with zero attached hydrogens (tertiary/aromatic N) is 3. The Hall–Kier alpha value is -0.802. The van der Waals surface area contributed by atoms with Crippen LogP contribution in [0.3, 0.4) is 0 Å². The van der Waals surface area contributed by atoms with Crippen LogP contribution < -0.4 is 0 Å². The second-order valence-corrected chi connectivity index (χ2v) is 31.7. The lowest BCUT2D eigenvalue weighted by Gasteiger charge is -2.51. The summed E-state index contributed by atoms with van der Waals surface area (Å²) in [5.74, 6) is 0. The topological polar surface area (TPSA) is 94.9 Å². The Kier molecular flexibility index (Phi) is 11.0. The number of ether oxygens (including phenoxy) is 1. The maximum Gasteiger partial charge on any atom is 0.184 e. The summed E-state index contributed by atoms with van der Waals surface area (Å²) < 4.78 is 33.9. The van der Waals surface area contributed by atoms with E-state index in [1.54, 1.807) is 0 Å². The zero-order valence-corrected chi connectivity index (χ0v) is 29.0. The molecule has 5 atom stereocenters. The molecule has 0 aromatic heterocycles. The van der Waals surface area contributed by atoms with E-state index in [0.29, 0.717) is 18.7 Å². The molecule has 0 N–H and O–H groups in total. The summed E-state index contributed by atoms with van der Waals surface area (Å²) in [5.41, 5.74) is 10.4. The molecule has 0 unspecified atom stereocenters. The van der Waals surface area contributed by atoms with Gasteiger partial charge in [0.1, 0.15) is 18.3 Å². The van der Waals surface area contributed by atoms with Crippen LogP contribution in [0.4, 0.5) is 5.69 Å². The molecule has 2 rings (SSSR count). The predicted molar refractivity (Wildman–Crippen MR) is 162 cm³/mol. The van der Waals surface area contributed by atoms with E-state index in [2.05, 4.69) is 88.6 Å². The average Bonchev–Trinajstić information content (AvgIpc) is 2.69. The minimum Gasteiger partial charge on any atom is -0.415 e. The number of rotatable bonds is 12. The van der Waals surface area contributed by atoms with E-state index in [1.165, 1.54) is 0 Å². The third kappa shape index (κ3) is 11.9. The largest absolute Gasteiger partial charge is 0.415 e. The summed E-state index contributed by atoms with van der Waals surface area (Å²) in [4.78, 5) is 2.89. The van der Waals surface area contributed by atoms with Crippen LogP contribution in [0.2, 0.25) is 78.6 Å². The molecule has 1 heterocycles. The Bertz CT molecular complexity index is 917. The summed E-state index contributed by atoms with van der Waals surface area (Å²) in [7, 11) is -7.67. The third-order valence-electron chi connectivity index (χ3n) is 5.41. The molecule has 1 aromatic carbocycles. The molecule has 37 heavy (non-hydrogen) atoms. The number of benzene rings is 1. The monoisotopic (exact) mass is 583 g/mol. The van der Waals surface area contributed by atoms with Gasteiger partial charge in [0.25, 0.3) is 0 Å². The van der Waals surface area contributed by atoms with Gasteiger partial charge in [0.15, 0.2) is 33.3 Å². The second kappa shape index (κ2) is 12.6. The normalized spacial score (nSPS) is 25.6. The van der Waals surface area contributed by atoms with Crippen LogP contribution in [-0.4, -0.2) is 70.4 Å². The third-order valence-corrected chi connectivity index (χ3v) is 9.38. The van der Waals surface area contributed by atoms with Crippen molar-refractivity contribution in [2.45, 2.75) is 116 Å². The Morgan fingerprint density at radius 1 is 0.703 bits per heavy atom. The minimum absolute atomic E-state index is 0.227. The molecule has 1 aromatic rings. The van der Waals surface area contributed by atoms with E-state index in [4.69, 9.17) is 28.0 Å². The lowest BCUT2D eigenvalue weighted by Crippen LogP contribution is -2.66. The Morgan fingerprint density at radius 3 is 1.59 bits per heavy atom. The van der Waals surface area contributed by atoms with Crippen molar-refractivity contribution >= 4 is 39.0 Å². The fourth-order valence-electron chi connectivity index (χ4n) is 4.25. The zero-order valence-electron chi connectivity index (χ0n) is 25.0. The van der Waals surface area contributed by atoms with Crippen molar-refractivity contribution in [3.05, 3.63) is 40.3 Å². The highest BCUT2D eigenvalue weighted by Gasteiger charge is 2.51. The van der Waals surface area contributed by atoms with Gasteiger partial charge in [-0.15, -0.1) is 0 Å². The van der Waals surface area contributed by atoms with Crippen molar-refractivity contribution in [3.63, 3.8) is 0 Å². The van der Waals surface area contributed by atoms with E-state index < -0.39 is 33.3 Å². The first-order valence-corrected chi connectivity index (χ1v) is 26.9. The first kappa shape index (κ1) is 32.4. The maximum atomic E-state index is 8.75. The highest BCUT2D eigenvalue weighted by molar-refractivity contribution is 6.71. The highest BCUT2D eigenvalue weighted by Crippen LogP contribution is 2.35. The van der Waals surface area contributed by atoms with Crippen molar-refractivity contribution < 1.29 is 22.4 Å². The standard InChI is InChI=1S/C25H49N3O5Si4/c1-34(2,3)29-18-22-24(32-36(7,8)9)25(33-37(10,11)12)23(31-35(4,5)6)21(30-22)17-19-13-15-20(16-14-19)27-28-26/h13-16,21-25H,17-18H2,1-12H3/t21-,22-,23-,24-,25-/m1/s1. The maximum absolute atomic E-state index is 8.75. The van der Waals surface area contributed by atoms with Gasteiger partial charge in [-0.05, 0) is 89.7 Å². The van der Waals surface area contributed by atoms with Gasteiger partial charge in [-0.2, -0.15) is 0 Å². The molecule has 12 heteroatoms. The van der Waals surface area contributed by atoms with Gasteiger partial charge in [-0.25, -0.2) is 0 Å². The molecule has 0 saturated carbocycles. The molecule has 8 nitrogen and oxygen atoms in total. The van der Waals surface area contributed by atoms with Gasteiger partial charge in [0.05, 0.1) is 18.8 Å². The summed E-state index contributed by atoms with van der Waals surface area (Å²) in [6.07, 6.45) is -0.606. The molecule has 0 aliphatic carbocycles. The van der Waals surface area contributed by atoms with Gasteiger partial charge in [0, 0.05) is 17.0 Å². The van der Waals surface area contributed by atoms with Crippen LogP contribution >= 0.6 is 0 Å². The van der Waals surface area contributed by atoms with Gasteiger partial charge in [0.2, 0.25) is 0 Å². The van der Waals surface area contributed by atoms with E-state index in [-0.39, 0.29) is 30.5 Å². The molecule has 0 radical (unpaired) electrons. The molecule has 1 aliphatic heterocycles. The van der Waals surface area contributed by atoms with Crippen LogP contribution in [0.15, 0.2) is 29.4 Å². The molecule has 1 fully saturated rings. The van der Waals surface area contributed by atoms with Gasteiger partial charge >= 0.3 is 0 Å². The Labute approximate surface area is 228 Å². The lowest BCUT2D eigenvalue weighted by atomic mass is 9.91. The van der Waals surface area contributed by atoms with E-state index >= 15 is 0 Å². The van der Waals surface area contributed by atoms with E-state index in [0.717, 1.165) is 5.56 Å². The Morgan fingerprint density at radius 2 is 1.16 bits per heavy atom. The fourth-order valence-corrected chi connectivity index (χ4v) is 8.20. The summed E-state index contributed by atoms with van der Waals surface area (Å²) in [5, 5.41) is 3.70. The quantitative estimate of drug-likeness (QED) is 0.110. The van der Waals surface area contributed by atoms with Gasteiger partial charge in [-0.1, -0.05) is 29.4 Å². The van der Waals surface area contributed by atoms with Crippen LogP contribution in [0, 0.1) is 0 Å². The number of hydrogen-bond acceptors (Lipinski definition) is 6. The van der Waals surface area contributed by atoms with Crippen LogP contribution in [0.5, 0.6) is 0 Å². The number of azide groups is 1. The van der Waals surface area contributed by atoms with E-state index in [1.807, 2.05) is 24.3 Å². The molecule has 0 bridgehead atoms. The summed E-state index contributed by atoms with van der Waals surface area (Å²) >= 11 is 0. The molecule has 1 aliphatic rings. The predicted octanol–water partition coefficient (Wildman–Crippen LogP) is 7.45. The second-order valence-electron chi connectivity index (χ2n) is 13.8. The van der Waals surface area contributed by atoms with Crippen molar-refractivity contribution in [1.29, 1.82) is 0 Å². The zero-order chi connectivity index (χ0) is 28.2. The summed E-state index contributed by atoms with van der Waals surface area (Å²) in [6.45, 7) is 27.0. The first-order chi connectivity index (χ1) is 16.8. The van der Waals surface area contributed by atoms with Crippen molar-refractivity contribution in [2.75, 3.05) is 6.61 Å². The average molecular weight is 584 g/mol. The SMILES string of the molecule is C[Si](C)(C)OC[C@H]1O[C@H](Cc2ccc(N=[N+]=[N-])cc2)[C@@H](O[Si](C)(C)C)[C@@H](O[Si](C)(C)C)[C@@H]1O[Si](C)(C)C. The molecule has 0 amide bonds. The molecule has 1 saturated heterocycles. The minimum atomic E-state index is -1.97. The van der Waals surface area contributed by atoms with Crippen LogP contribution in [-0.2, 0) is 28.9 Å². The number of hydrogen-bond donors (Lipinski definition) is 0. The van der Waals surface area contributed by atoms with Gasteiger partial charge < -0.3 is 22.4 Å². The smallest absolute Gasteiger partial charge is 0.184 e. The van der Waals surface area contributed by atoms with Crippen LogP contribution in [0.1, 0.15) is 5.56 Å². The molecular weight excluding hydrogens is 535 g/mol. The van der Waals surface area contributed by atoms with Crippen molar-refractivity contribution in [3.8, 4) is 0 Å². The van der Waals surface area contributed by atoms with E-state index in [9.17, 15) is 0 Å². The van der Waals surface area contributed by atoms with Gasteiger partial charge in [-0.3, -0.25) is 0 Å². The van der Waals surface area contributed by atoms with Crippen molar-refractivity contribution in [1.82, 2.24) is 0 Å². The Balaban J connectivity index is 2.54. The van der Waals surface area contributed by atoms with Crippen LogP contribution in [0.25, 0.3) is 10.4 Å². The molecule has 210 valence electrons. The lowest BCUT2D eigenvalue weighted by molar-refractivity contribution is -0.213. The molecule has 0 spiro atoms. The first-order valence-electron chi connectivity index (χ1n) is 13.2. The fraction of sp³-hybridized carbons (Fsp3) is 0.760. The molecular formula is C25H49N3O5Si4. The highest BCUT2D eigenvalue weighted by atomic mass is 28.4. The summed E-state index contributed by atoms with van der Waals surface area (Å²) in [6, 6.07) is 7.66. The van der Waals surface area contributed by atoms with Crippen molar-refractivity contribution in [2.24, 2.45) is 5.11 Å².